The van der Waals surface area contributed by atoms with Gasteiger partial charge in [-0.1, -0.05) is 11.8 Å². The third kappa shape index (κ3) is 1.87. The molecule has 62 valence electrons. The van der Waals surface area contributed by atoms with E-state index in [1.807, 2.05) is 0 Å². The van der Waals surface area contributed by atoms with Crippen molar-refractivity contribution in [2.24, 2.45) is 0 Å². The van der Waals surface area contributed by atoms with Crippen molar-refractivity contribution in [3.63, 3.8) is 0 Å². The first-order valence-electron chi connectivity index (χ1n) is 3.25. The summed E-state index contributed by atoms with van der Waals surface area (Å²) in [7, 11) is 0. The zero-order valence-corrected chi connectivity index (χ0v) is 6.16. The largest absolute Gasteiger partial charge is 0.477 e. The molecule has 1 aromatic heterocycles. The van der Waals surface area contributed by atoms with Crippen LogP contribution in [0, 0.1) is 11.8 Å². The van der Waals surface area contributed by atoms with Crippen LogP contribution < -0.4 is 0 Å². The van der Waals surface area contributed by atoms with Crippen LogP contribution in [0.25, 0.3) is 0 Å². The first kappa shape index (κ1) is 8.37. The molecule has 12 heavy (non-hydrogen) atoms. The predicted molar refractivity (Wildman–Crippen MR) is 41.7 cm³/mol. The molecule has 0 fully saturated rings. The Morgan fingerprint density at radius 2 is 2.42 bits per heavy atom. The van der Waals surface area contributed by atoms with Gasteiger partial charge in [0.2, 0.25) is 0 Å². The molecule has 4 heteroatoms. The van der Waals surface area contributed by atoms with Crippen LogP contribution in [-0.2, 0) is 0 Å². The molecule has 0 aromatic carbocycles. The fourth-order valence-electron chi connectivity index (χ4n) is 0.732. The van der Waals surface area contributed by atoms with Crippen LogP contribution in [0.3, 0.4) is 0 Å². The Morgan fingerprint density at radius 1 is 1.67 bits per heavy atom. The first-order chi connectivity index (χ1) is 5.74. The highest BCUT2D eigenvalue weighted by Gasteiger charge is 2.03. The Hall–Kier alpha value is -1.73. The minimum absolute atomic E-state index is 0.0947. The molecular formula is C8H7NO3. The second-order valence-corrected chi connectivity index (χ2v) is 2.07. The van der Waals surface area contributed by atoms with E-state index in [2.05, 4.69) is 16.8 Å². The molecule has 0 spiro atoms. The highest BCUT2D eigenvalue weighted by molar-refractivity contribution is 5.86. The number of nitrogens with one attached hydrogen (secondary N) is 1. The number of aromatic nitrogens is 1. The summed E-state index contributed by atoms with van der Waals surface area (Å²) in [6.07, 6.45) is 1.48. The molecular weight excluding hydrogens is 158 g/mol. The van der Waals surface area contributed by atoms with Gasteiger partial charge in [-0.3, -0.25) is 0 Å². The summed E-state index contributed by atoms with van der Waals surface area (Å²) in [5, 5.41) is 16.8. The lowest BCUT2D eigenvalue weighted by Crippen LogP contribution is -1.94. The Labute approximate surface area is 68.8 Å². The summed E-state index contributed by atoms with van der Waals surface area (Å²) in [5.74, 6) is 3.96. The third-order valence-electron chi connectivity index (χ3n) is 1.23. The maximum absolute atomic E-state index is 10.4. The van der Waals surface area contributed by atoms with Crippen molar-refractivity contribution in [3.8, 4) is 11.8 Å². The van der Waals surface area contributed by atoms with E-state index in [0.29, 0.717) is 5.56 Å². The molecule has 3 N–H and O–H groups in total. The average Bonchev–Trinajstić information content (AvgIpc) is 2.48. The molecule has 0 bridgehead atoms. The van der Waals surface area contributed by atoms with Crippen molar-refractivity contribution in [1.29, 1.82) is 0 Å². The number of rotatable bonds is 1. The summed E-state index contributed by atoms with van der Waals surface area (Å²) in [6, 6.07) is 1.41. The highest BCUT2D eigenvalue weighted by Crippen LogP contribution is 2.00. The number of aromatic carboxylic acids is 1. The molecule has 0 radical (unpaired) electrons. The number of aliphatic hydroxyl groups excluding tert-OH is 1. The van der Waals surface area contributed by atoms with Gasteiger partial charge in [-0.15, -0.1) is 0 Å². The van der Waals surface area contributed by atoms with E-state index in [1.54, 1.807) is 0 Å². The summed E-state index contributed by atoms with van der Waals surface area (Å²) in [5.41, 5.74) is 0.652. The third-order valence-corrected chi connectivity index (χ3v) is 1.23. The van der Waals surface area contributed by atoms with Crippen molar-refractivity contribution in [2.75, 3.05) is 6.61 Å². The normalized spacial score (nSPS) is 8.75. The quantitative estimate of drug-likeness (QED) is 0.515. The SMILES string of the molecule is O=C(O)c1cc(C#CCO)c[nH]1. The van der Waals surface area contributed by atoms with Gasteiger partial charge in [-0.05, 0) is 6.07 Å². The van der Waals surface area contributed by atoms with Gasteiger partial charge in [-0.25, -0.2) is 4.79 Å². The van der Waals surface area contributed by atoms with Crippen molar-refractivity contribution in [2.45, 2.75) is 0 Å². The molecule has 0 aliphatic rings. The van der Waals surface area contributed by atoms with Crippen LogP contribution in [0.15, 0.2) is 12.3 Å². The van der Waals surface area contributed by atoms with Crippen LogP contribution in [0.5, 0.6) is 0 Å². The van der Waals surface area contributed by atoms with Crippen LogP contribution in [0.1, 0.15) is 16.1 Å². The van der Waals surface area contributed by atoms with E-state index in [4.69, 9.17) is 10.2 Å². The molecule has 0 saturated carbocycles. The molecule has 1 aromatic rings. The number of carboxylic acids is 1. The monoisotopic (exact) mass is 165 g/mol. The summed E-state index contributed by atoms with van der Waals surface area (Å²) in [6.45, 7) is -0.229. The Morgan fingerprint density at radius 3 is 2.92 bits per heavy atom. The lowest BCUT2D eigenvalue weighted by Gasteiger charge is -1.81. The summed E-state index contributed by atoms with van der Waals surface area (Å²) in [4.78, 5) is 12.9. The minimum Gasteiger partial charge on any atom is -0.477 e. The van der Waals surface area contributed by atoms with Crippen LogP contribution in [-0.4, -0.2) is 27.8 Å². The predicted octanol–water partition coefficient (Wildman–Crippen LogP) is 0.0567. The molecule has 4 nitrogen and oxygen atoms in total. The van der Waals surface area contributed by atoms with E-state index in [-0.39, 0.29) is 12.3 Å². The van der Waals surface area contributed by atoms with Gasteiger partial charge >= 0.3 is 5.97 Å². The minimum atomic E-state index is -1.02. The Bertz CT molecular complexity index is 343. The van der Waals surface area contributed by atoms with E-state index in [1.165, 1.54) is 12.3 Å². The lowest BCUT2D eigenvalue weighted by molar-refractivity contribution is 0.0691. The van der Waals surface area contributed by atoms with Crippen molar-refractivity contribution >= 4 is 5.97 Å². The summed E-state index contributed by atoms with van der Waals surface area (Å²) < 4.78 is 0. The van der Waals surface area contributed by atoms with Crippen molar-refractivity contribution in [3.05, 3.63) is 23.5 Å². The van der Waals surface area contributed by atoms with E-state index < -0.39 is 5.97 Å². The molecule has 0 aliphatic carbocycles. The van der Waals surface area contributed by atoms with Crippen LogP contribution in [0.4, 0.5) is 0 Å². The fourth-order valence-corrected chi connectivity index (χ4v) is 0.732. The topological polar surface area (TPSA) is 73.3 Å². The molecule has 0 unspecified atom stereocenters. The Kier molecular flexibility index (Phi) is 2.51. The van der Waals surface area contributed by atoms with Crippen LogP contribution >= 0.6 is 0 Å². The molecule has 0 saturated heterocycles. The molecule has 0 amide bonds. The van der Waals surface area contributed by atoms with Gasteiger partial charge in [0.15, 0.2) is 0 Å². The Balaban J connectivity index is 2.84. The van der Waals surface area contributed by atoms with Crippen molar-refractivity contribution in [1.82, 2.24) is 4.98 Å². The maximum Gasteiger partial charge on any atom is 0.352 e. The molecule has 0 aliphatic heterocycles. The van der Waals surface area contributed by atoms with Gasteiger partial charge in [0.05, 0.1) is 0 Å². The second kappa shape index (κ2) is 3.60. The average molecular weight is 165 g/mol. The van der Waals surface area contributed by atoms with E-state index in [9.17, 15) is 4.79 Å². The van der Waals surface area contributed by atoms with Gasteiger partial charge < -0.3 is 15.2 Å². The fraction of sp³-hybridized carbons (Fsp3) is 0.125. The van der Waals surface area contributed by atoms with E-state index in [0.717, 1.165) is 0 Å². The number of hydrogen-bond donors (Lipinski definition) is 3. The number of aliphatic hydroxyl groups is 1. The standard InChI is InChI=1S/C8H7NO3/c10-3-1-2-6-4-7(8(11)12)9-5-6/h4-5,9-10H,3H2,(H,11,12). The number of carbonyl (C=O) groups is 1. The van der Waals surface area contributed by atoms with Gasteiger partial charge in [0.1, 0.15) is 12.3 Å². The lowest BCUT2D eigenvalue weighted by atomic mass is 10.3. The zero-order chi connectivity index (χ0) is 8.97. The van der Waals surface area contributed by atoms with Crippen LogP contribution in [0.2, 0.25) is 0 Å². The molecule has 0 atom stereocenters. The van der Waals surface area contributed by atoms with Crippen molar-refractivity contribution < 1.29 is 15.0 Å². The number of carboxylic acid groups (broad SMARTS) is 1. The highest BCUT2D eigenvalue weighted by atomic mass is 16.4. The van der Waals surface area contributed by atoms with Gasteiger partial charge in [-0.2, -0.15) is 0 Å². The smallest absolute Gasteiger partial charge is 0.352 e. The second-order valence-electron chi connectivity index (χ2n) is 2.07. The molecule has 1 rings (SSSR count). The van der Waals surface area contributed by atoms with E-state index >= 15 is 0 Å². The number of H-pyrrole nitrogens is 1. The van der Waals surface area contributed by atoms with Gasteiger partial charge in [0.25, 0.3) is 0 Å². The molecule has 1 heterocycles. The first-order valence-corrected chi connectivity index (χ1v) is 3.25. The summed E-state index contributed by atoms with van der Waals surface area (Å²) >= 11 is 0. The van der Waals surface area contributed by atoms with Gasteiger partial charge in [0, 0.05) is 11.8 Å². The number of aromatic amines is 1. The zero-order valence-electron chi connectivity index (χ0n) is 6.16. The maximum atomic E-state index is 10.4. The number of hydrogen-bond acceptors (Lipinski definition) is 2.